The number of thioether (sulfide) groups is 1. The van der Waals surface area contributed by atoms with Crippen molar-refractivity contribution in [2.45, 2.75) is 13.5 Å². The van der Waals surface area contributed by atoms with Crippen molar-refractivity contribution in [2.75, 3.05) is 11.5 Å². The summed E-state index contributed by atoms with van der Waals surface area (Å²) in [5.41, 5.74) is 2.36. The van der Waals surface area contributed by atoms with E-state index < -0.39 is 0 Å². The number of hydrogen-bond acceptors (Lipinski definition) is 5. The van der Waals surface area contributed by atoms with Crippen molar-refractivity contribution in [3.8, 4) is 11.5 Å². The Morgan fingerprint density at radius 3 is 2.55 bits per heavy atom. The molecule has 0 spiro atoms. The van der Waals surface area contributed by atoms with Crippen molar-refractivity contribution in [1.82, 2.24) is 0 Å². The smallest absolute Gasteiger partial charge is 0.270 e. The normalized spacial score (nSPS) is 14.8. The fourth-order valence-corrected chi connectivity index (χ4v) is 5.02. The molecule has 0 aromatic heterocycles. The van der Waals surface area contributed by atoms with E-state index in [1.54, 1.807) is 36.4 Å². The lowest BCUT2D eigenvalue weighted by Crippen LogP contribution is -2.27. The highest BCUT2D eigenvalue weighted by atomic mass is 35.5. The molecule has 0 aliphatic carbocycles. The summed E-state index contributed by atoms with van der Waals surface area (Å²) in [5.74, 6) is 0.759. The van der Waals surface area contributed by atoms with E-state index in [9.17, 15) is 4.79 Å². The van der Waals surface area contributed by atoms with Crippen LogP contribution in [0.3, 0.4) is 0 Å². The largest absolute Gasteiger partial charge is 0.490 e. The molecule has 4 rings (SSSR count). The maximum atomic E-state index is 13.1. The van der Waals surface area contributed by atoms with Crippen LogP contribution in [0.4, 0.5) is 5.69 Å². The van der Waals surface area contributed by atoms with E-state index in [0.29, 0.717) is 55.2 Å². The van der Waals surface area contributed by atoms with Crippen LogP contribution in [0.5, 0.6) is 11.5 Å². The van der Waals surface area contributed by atoms with Crippen molar-refractivity contribution < 1.29 is 14.3 Å². The summed E-state index contributed by atoms with van der Waals surface area (Å²) < 4.78 is 12.2. The molecule has 33 heavy (non-hydrogen) atoms. The fourth-order valence-electron chi connectivity index (χ4n) is 3.26. The fraction of sp³-hybridized carbons (Fsp3) is 0.120. The number of benzene rings is 3. The van der Waals surface area contributed by atoms with E-state index in [2.05, 4.69) is 0 Å². The molecule has 8 heteroatoms. The zero-order valence-corrected chi connectivity index (χ0v) is 20.7. The molecule has 0 radical (unpaired) electrons. The van der Waals surface area contributed by atoms with E-state index in [4.69, 9.17) is 44.9 Å². The van der Waals surface area contributed by atoms with Crippen LogP contribution in [0.1, 0.15) is 18.1 Å². The molecule has 1 heterocycles. The molecular formula is C25H19Cl2NO3S2. The first kappa shape index (κ1) is 23.6. The highest BCUT2D eigenvalue weighted by Crippen LogP contribution is 2.40. The van der Waals surface area contributed by atoms with Gasteiger partial charge in [0.05, 0.1) is 22.2 Å². The second-order valence-corrected chi connectivity index (χ2v) is 9.55. The van der Waals surface area contributed by atoms with Crippen LogP contribution in [-0.2, 0) is 11.4 Å². The highest BCUT2D eigenvalue weighted by Gasteiger charge is 2.33. The molecule has 3 aromatic carbocycles. The van der Waals surface area contributed by atoms with Gasteiger partial charge in [0.25, 0.3) is 5.91 Å². The van der Waals surface area contributed by atoms with Gasteiger partial charge in [0.2, 0.25) is 0 Å². The Labute approximate surface area is 212 Å². The van der Waals surface area contributed by atoms with Gasteiger partial charge in [-0.1, -0.05) is 83.6 Å². The minimum atomic E-state index is -0.217. The Hall–Kier alpha value is -2.51. The number of thiocarbonyl (C=S) groups is 1. The van der Waals surface area contributed by atoms with Gasteiger partial charge in [-0.2, -0.15) is 0 Å². The number of carbonyl (C=O) groups excluding carboxylic acids is 1. The molecule has 3 aromatic rings. The number of rotatable bonds is 7. The van der Waals surface area contributed by atoms with Gasteiger partial charge in [0.15, 0.2) is 15.8 Å². The number of anilines is 1. The van der Waals surface area contributed by atoms with Crippen LogP contribution in [-0.4, -0.2) is 16.8 Å². The highest BCUT2D eigenvalue weighted by molar-refractivity contribution is 8.27. The molecule has 0 atom stereocenters. The van der Waals surface area contributed by atoms with Gasteiger partial charge in [-0.3, -0.25) is 9.69 Å². The zero-order chi connectivity index (χ0) is 23.4. The summed E-state index contributed by atoms with van der Waals surface area (Å²) in [6.07, 6.45) is 1.75. The van der Waals surface area contributed by atoms with Gasteiger partial charge in [-0.15, -0.1) is 0 Å². The second kappa shape index (κ2) is 10.6. The number of hydrogen-bond donors (Lipinski definition) is 0. The predicted octanol–water partition coefficient (Wildman–Crippen LogP) is 7.38. The average molecular weight is 516 g/mol. The van der Waals surface area contributed by atoms with Gasteiger partial charge in [-0.25, -0.2) is 0 Å². The summed E-state index contributed by atoms with van der Waals surface area (Å²) in [6.45, 7) is 2.69. The number of ether oxygens (including phenoxy) is 2. The maximum Gasteiger partial charge on any atom is 0.270 e. The Morgan fingerprint density at radius 2 is 1.82 bits per heavy atom. The summed E-state index contributed by atoms with van der Waals surface area (Å²) >= 11 is 19.3. The molecule has 1 fully saturated rings. The first-order valence-electron chi connectivity index (χ1n) is 10.1. The van der Waals surface area contributed by atoms with Gasteiger partial charge in [-0.05, 0) is 54.5 Å². The third-order valence-electron chi connectivity index (χ3n) is 4.72. The molecule has 4 nitrogen and oxygen atoms in total. The van der Waals surface area contributed by atoms with Crippen molar-refractivity contribution in [2.24, 2.45) is 0 Å². The third kappa shape index (κ3) is 5.53. The van der Waals surface area contributed by atoms with Crippen LogP contribution in [0.15, 0.2) is 71.6 Å². The Balaban J connectivity index is 1.61. The monoisotopic (exact) mass is 515 g/mol. The average Bonchev–Trinajstić information content (AvgIpc) is 3.07. The molecule has 0 bridgehead atoms. The Kier molecular flexibility index (Phi) is 7.60. The summed E-state index contributed by atoms with van der Waals surface area (Å²) in [6, 6.07) is 20.4. The lowest BCUT2D eigenvalue weighted by molar-refractivity contribution is -0.113. The third-order valence-corrected chi connectivity index (χ3v) is 6.53. The Morgan fingerprint density at radius 1 is 1.03 bits per heavy atom. The van der Waals surface area contributed by atoms with Crippen molar-refractivity contribution >= 4 is 69.2 Å². The molecule has 168 valence electrons. The minimum Gasteiger partial charge on any atom is -0.490 e. The standard InChI is InChI=1S/C25H19Cl2NO3S2/c1-2-30-21-12-17(11-20(27)23(21)31-15-16-7-4-3-5-8-16)13-22-24(29)28(25(32)33-22)19-10-6-9-18(26)14-19/h3-14H,2,15H2,1H3/b22-13+. The Bertz CT molecular complexity index is 1230. The molecule has 1 aliphatic heterocycles. The summed E-state index contributed by atoms with van der Waals surface area (Å²) in [5, 5.41) is 0.929. The summed E-state index contributed by atoms with van der Waals surface area (Å²) in [7, 11) is 0. The molecule has 1 aliphatic rings. The first-order chi connectivity index (χ1) is 16.0. The second-order valence-electron chi connectivity index (χ2n) is 7.03. The van der Waals surface area contributed by atoms with Crippen LogP contribution in [0.2, 0.25) is 10.0 Å². The quantitative estimate of drug-likeness (QED) is 0.242. The lowest BCUT2D eigenvalue weighted by atomic mass is 10.1. The minimum absolute atomic E-state index is 0.217. The number of halogens is 2. The van der Waals surface area contributed by atoms with Crippen LogP contribution >= 0.6 is 47.2 Å². The number of carbonyl (C=O) groups is 1. The van der Waals surface area contributed by atoms with Gasteiger partial charge in [0, 0.05) is 5.02 Å². The van der Waals surface area contributed by atoms with E-state index in [1.165, 1.54) is 16.7 Å². The lowest BCUT2D eigenvalue weighted by Gasteiger charge is -2.15. The molecule has 1 amide bonds. The predicted molar refractivity (Wildman–Crippen MR) is 140 cm³/mol. The van der Waals surface area contributed by atoms with Crippen LogP contribution < -0.4 is 14.4 Å². The number of nitrogens with zero attached hydrogens (tertiary/aromatic N) is 1. The molecule has 0 saturated carbocycles. The summed E-state index contributed by atoms with van der Waals surface area (Å²) in [4.78, 5) is 15.0. The maximum absolute atomic E-state index is 13.1. The number of amides is 1. The molecule has 1 saturated heterocycles. The van der Waals surface area contributed by atoms with E-state index in [-0.39, 0.29) is 5.91 Å². The zero-order valence-electron chi connectivity index (χ0n) is 17.6. The van der Waals surface area contributed by atoms with Crippen molar-refractivity contribution in [3.63, 3.8) is 0 Å². The first-order valence-corrected chi connectivity index (χ1v) is 12.1. The van der Waals surface area contributed by atoms with Crippen molar-refractivity contribution in [3.05, 3.63) is 92.8 Å². The topological polar surface area (TPSA) is 38.8 Å². The SMILES string of the molecule is CCOc1cc(/C=C2/SC(=S)N(c3cccc(Cl)c3)C2=O)cc(Cl)c1OCc1ccccc1. The van der Waals surface area contributed by atoms with Crippen molar-refractivity contribution in [1.29, 1.82) is 0 Å². The van der Waals surface area contributed by atoms with E-state index in [1.807, 2.05) is 43.3 Å². The molecule has 0 unspecified atom stereocenters. The molecular weight excluding hydrogens is 497 g/mol. The van der Waals surface area contributed by atoms with Gasteiger partial charge in [0.1, 0.15) is 6.61 Å². The van der Waals surface area contributed by atoms with E-state index >= 15 is 0 Å². The van der Waals surface area contributed by atoms with Crippen LogP contribution in [0, 0.1) is 0 Å². The molecule has 0 N–H and O–H groups in total. The van der Waals surface area contributed by atoms with E-state index in [0.717, 1.165) is 5.56 Å². The van der Waals surface area contributed by atoms with Gasteiger partial charge < -0.3 is 9.47 Å². The van der Waals surface area contributed by atoms with Gasteiger partial charge >= 0.3 is 0 Å². The van der Waals surface area contributed by atoms with Crippen LogP contribution in [0.25, 0.3) is 6.08 Å².